The summed E-state index contributed by atoms with van der Waals surface area (Å²) in [6.45, 7) is 9.44. The molecule has 174 valence electrons. The molecule has 0 atom stereocenters. The second kappa shape index (κ2) is 10.1. The van der Waals surface area contributed by atoms with Gasteiger partial charge in [-0.05, 0) is 43.4 Å². The Labute approximate surface area is 202 Å². The van der Waals surface area contributed by atoms with Crippen molar-refractivity contribution in [3.05, 3.63) is 45.7 Å². The maximum Gasteiger partial charge on any atom is 0.241 e. The summed E-state index contributed by atoms with van der Waals surface area (Å²) in [6.07, 6.45) is 2.34. The van der Waals surface area contributed by atoms with E-state index in [0.29, 0.717) is 28.3 Å². The lowest BCUT2D eigenvalue weighted by Crippen LogP contribution is -2.45. The molecule has 8 nitrogen and oxygen atoms in total. The van der Waals surface area contributed by atoms with Crippen molar-refractivity contribution < 1.29 is 4.79 Å². The zero-order valence-corrected chi connectivity index (χ0v) is 21.0. The number of hydrogen-bond donors (Lipinski definition) is 1. The molecule has 0 aliphatic carbocycles. The number of hydrogen-bond acceptors (Lipinski definition) is 9. The standard InChI is InChI=1S/C23H29N7OS2/c1-15(2)19(31)13-17-5-7-18(8-6-17)33-23-26-21(29-11-9-28(4)10-12-29)25-22(27-23)30-14-16(3)32-20(30)24/h5-8,14-15,24H,9-13H2,1-4H3. The predicted molar refractivity (Wildman–Crippen MR) is 131 cm³/mol. The van der Waals surface area contributed by atoms with Crippen LogP contribution in [0.5, 0.6) is 0 Å². The highest BCUT2D eigenvalue weighted by Crippen LogP contribution is 2.27. The van der Waals surface area contributed by atoms with Gasteiger partial charge in [0.25, 0.3) is 0 Å². The Kier molecular flexibility index (Phi) is 7.26. The number of thiazole rings is 1. The van der Waals surface area contributed by atoms with Crippen LogP contribution in [0.15, 0.2) is 40.5 Å². The van der Waals surface area contributed by atoms with Gasteiger partial charge >= 0.3 is 0 Å². The van der Waals surface area contributed by atoms with Crippen LogP contribution >= 0.6 is 23.1 Å². The molecule has 0 spiro atoms. The molecule has 1 fully saturated rings. The van der Waals surface area contributed by atoms with E-state index in [9.17, 15) is 4.79 Å². The first-order chi connectivity index (χ1) is 15.8. The van der Waals surface area contributed by atoms with E-state index < -0.39 is 0 Å². The van der Waals surface area contributed by atoms with E-state index in [1.54, 1.807) is 4.57 Å². The number of carbonyl (C=O) groups excluding carboxylic acids is 1. The third-order valence-corrected chi connectivity index (χ3v) is 7.23. The maximum atomic E-state index is 12.0. The molecule has 1 aliphatic heterocycles. The third kappa shape index (κ3) is 5.87. The highest BCUT2D eigenvalue weighted by Gasteiger charge is 2.20. The van der Waals surface area contributed by atoms with Crippen LogP contribution < -0.4 is 9.70 Å². The Hall–Kier alpha value is -2.56. The molecule has 1 aliphatic rings. The summed E-state index contributed by atoms with van der Waals surface area (Å²) in [6, 6.07) is 7.99. The second-order valence-electron chi connectivity index (χ2n) is 8.57. The molecule has 4 rings (SSSR count). The predicted octanol–water partition coefficient (Wildman–Crippen LogP) is 3.18. The fourth-order valence-electron chi connectivity index (χ4n) is 3.44. The van der Waals surface area contributed by atoms with Gasteiger partial charge in [0, 0.05) is 54.5 Å². The average molecular weight is 484 g/mol. The summed E-state index contributed by atoms with van der Waals surface area (Å²) >= 11 is 2.86. The van der Waals surface area contributed by atoms with E-state index in [4.69, 9.17) is 15.4 Å². The number of carbonyl (C=O) groups is 1. The first kappa shape index (κ1) is 23.6. The van der Waals surface area contributed by atoms with Gasteiger partial charge in [-0.2, -0.15) is 15.0 Å². The minimum atomic E-state index is 0.0378. The largest absolute Gasteiger partial charge is 0.338 e. The number of piperazine rings is 1. The van der Waals surface area contributed by atoms with Crippen LogP contribution in [0, 0.1) is 18.3 Å². The van der Waals surface area contributed by atoms with Crippen molar-refractivity contribution in [2.45, 2.75) is 37.2 Å². The number of aryl methyl sites for hydroxylation is 1. The van der Waals surface area contributed by atoms with Crippen LogP contribution in [0.3, 0.4) is 0 Å². The molecule has 10 heteroatoms. The number of rotatable bonds is 7. The highest BCUT2D eigenvalue weighted by molar-refractivity contribution is 7.99. The number of ketones is 1. The highest BCUT2D eigenvalue weighted by atomic mass is 32.2. The number of Topliss-reactive ketones (excluding diaryl/α,β-unsaturated/α-hetero) is 1. The van der Waals surface area contributed by atoms with Gasteiger partial charge in [0.05, 0.1) is 0 Å². The molecule has 0 amide bonds. The van der Waals surface area contributed by atoms with Gasteiger partial charge in [0.1, 0.15) is 5.78 Å². The van der Waals surface area contributed by atoms with Gasteiger partial charge < -0.3 is 9.80 Å². The summed E-state index contributed by atoms with van der Waals surface area (Å²) in [7, 11) is 2.12. The van der Waals surface area contributed by atoms with Crippen molar-refractivity contribution in [3.63, 3.8) is 0 Å². The normalized spacial score (nSPS) is 14.8. The third-order valence-electron chi connectivity index (χ3n) is 5.54. The molecule has 0 bridgehead atoms. The molecule has 0 unspecified atom stereocenters. The van der Waals surface area contributed by atoms with E-state index in [0.717, 1.165) is 41.5 Å². The van der Waals surface area contributed by atoms with Crippen molar-refractivity contribution in [3.8, 4) is 5.95 Å². The van der Waals surface area contributed by atoms with Crippen LogP contribution in [0.25, 0.3) is 5.95 Å². The van der Waals surface area contributed by atoms with E-state index in [1.807, 2.05) is 51.2 Å². The Morgan fingerprint density at radius 3 is 2.36 bits per heavy atom. The molecule has 3 heterocycles. The molecular weight excluding hydrogens is 454 g/mol. The molecule has 33 heavy (non-hydrogen) atoms. The molecule has 1 saturated heterocycles. The summed E-state index contributed by atoms with van der Waals surface area (Å²) < 4.78 is 1.71. The molecule has 1 aromatic carbocycles. The Balaban J connectivity index is 1.62. The van der Waals surface area contributed by atoms with E-state index in [2.05, 4.69) is 21.8 Å². The lowest BCUT2D eigenvalue weighted by atomic mass is 10.0. The number of anilines is 1. The zero-order valence-electron chi connectivity index (χ0n) is 19.4. The van der Waals surface area contributed by atoms with Crippen molar-refractivity contribution >= 4 is 34.8 Å². The first-order valence-electron chi connectivity index (χ1n) is 11.0. The molecule has 0 saturated carbocycles. The maximum absolute atomic E-state index is 12.0. The SMILES string of the molecule is Cc1cn(-c2nc(Sc3ccc(CC(=O)C(C)C)cc3)nc(N3CCN(C)CC3)n2)c(=N)s1. The minimum Gasteiger partial charge on any atom is -0.338 e. The summed E-state index contributed by atoms with van der Waals surface area (Å²) in [5.41, 5.74) is 1.01. The fourth-order valence-corrected chi connectivity index (χ4v) is 4.87. The van der Waals surface area contributed by atoms with Crippen LogP contribution in [0.2, 0.25) is 0 Å². The summed E-state index contributed by atoms with van der Waals surface area (Å²) in [5.74, 6) is 1.39. The Morgan fingerprint density at radius 1 is 1.09 bits per heavy atom. The van der Waals surface area contributed by atoms with Gasteiger partial charge in [0.2, 0.25) is 11.9 Å². The number of aromatic nitrogens is 4. The Morgan fingerprint density at radius 2 is 1.76 bits per heavy atom. The number of likely N-dealkylation sites (N-methyl/N-ethyl adjacent to an activating group) is 1. The minimum absolute atomic E-state index is 0.0378. The van der Waals surface area contributed by atoms with E-state index >= 15 is 0 Å². The molecule has 3 aromatic rings. The lowest BCUT2D eigenvalue weighted by Gasteiger charge is -2.32. The Bertz CT molecular complexity index is 1180. The van der Waals surface area contributed by atoms with Gasteiger partial charge in [-0.3, -0.25) is 14.8 Å². The van der Waals surface area contributed by atoms with Gasteiger partial charge in [-0.1, -0.05) is 26.0 Å². The second-order valence-corrected chi connectivity index (χ2v) is 10.8. The molecular formula is C23H29N7OS2. The van der Waals surface area contributed by atoms with Crippen LogP contribution in [-0.4, -0.2) is 63.4 Å². The van der Waals surface area contributed by atoms with Crippen molar-refractivity contribution in [2.75, 3.05) is 38.1 Å². The van der Waals surface area contributed by atoms with Gasteiger partial charge in [-0.25, -0.2) is 0 Å². The number of nitrogens with zero attached hydrogens (tertiary/aromatic N) is 6. The van der Waals surface area contributed by atoms with Crippen molar-refractivity contribution in [2.24, 2.45) is 5.92 Å². The van der Waals surface area contributed by atoms with Gasteiger partial charge in [-0.15, -0.1) is 11.3 Å². The summed E-state index contributed by atoms with van der Waals surface area (Å²) in [4.78, 5) is 33.1. The first-order valence-corrected chi connectivity index (χ1v) is 12.6. The number of benzene rings is 1. The fraction of sp³-hybridized carbons (Fsp3) is 0.435. The molecule has 2 aromatic heterocycles. The zero-order chi connectivity index (χ0) is 23.5. The van der Waals surface area contributed by atoms with Crippen LogP contribution in [0.4, 0.5) is 5.95 Å². The quantitative estimate of drug-likeness (QED) is 0.552. The lowest BCUT2D eigenvalue weighted by molar-refractivity contribution is -0.121. The topological polar surface area (TPSA) is 91.0 Å². The van der Waals surface area contributed by atoms with Gasteiger partial charge in [0.15, 0.2) is 9.96 Å². The van der Waals surface area contributed by atoms with Crippen LogP contribution in [-0.2, 0) is 11.2 Å². The average Bonchev–Trinajstić information content (AvgIpc) is 3.13. The van der Waals surface area contributed by atoms with E-state index in [1.165, 1.54) is 23.1 Å². The van der Waals surface area contributed by atoms with Crippen molar-refractivity contribution in [1.82, 2.24) is 24.4 Å². The van der Waals surface area contributed by atoms with E-state index in [-0.39, 0.29) is 11.7 Å². The molecule has 0 radical (unpaired) electrons. The molecule has 1 N–H and O–H groups in total. The summed E-state index contributed by atoms with van der Waals surface area (Å²) in [5, 5.41) is 8.89. The number of nitrogens with one attached hydrogen (secondary N) is 1. The monoisotopic (exact) mass is 483 g/mol. The smallest absolute Gasteiger partial charge is 0.241 e. The van der Waals surface area contributed by atoms with Crippen LogP contribution in [0.1, 0.15) is 24.3 Å². The van der Waals surface area contributed by atoms with Crippen molar-refractivity contribution in [1.29, 1.82) is 5.41 Å².